The van der Waals surface area contributed by atoms with Gasteiger partial charge in [-0.1, -0.05) is 18.9 Å². The average molecular weight is 435 g/mol. The Morgan fingerprint density at radius 2 is 2.12 bits per heavy atom. The largest absolute Gasteiger partial charge is 0.375 e. The lowest BCUT2D eigenvalue weighted by Gasteiger charge is -2.46. The molecule has 2 aliphatic rings. The fraction of sp³-hybridized carbons (Fsp3) is 0.571. The summed E-state index contributed by atoms with van der Waals surface area (Å²) in [6, 6.07) is 8.59. The molecule has 0 unspecified atom stereocenters. The number of halogens is 1. The molecule has 3 nitrogen and oxygen atoms in total. The van der Waals surface area contributed by atoms with Crippen LogP contribution in [0.3, 0.4) is 0 Å². The van der Waals surface area contributed by atoms with Gasteiger partial charge in [-0.3, -0.25) is 4.98 Å². The zero-order valence-electron chi connectivity index (χ0n) is 15.2. The summed E-state index contributed by atoms with van der Waals surface area (Å²) in [7, 11) is 0. The number of hydrogen-bond acceptors (Lipinski definition) is 4. The van der Waals surface area contributed by atoms with Crippen LogP contribution in [0.25, 0.3) is 0 Å². The first kappa shape index (κ1) is 18.6. The molecular formula is C21H27BrN2OS. The van der Waals surface area contributed by atoms with Gasteiger partial charge in [-0.25, -0.2) is 0 Å². The molecule has 5 heteroatoms. The van der Waals surface area contributed by atoms with Crippen molar-refractivity contribution in [2.45, 2.75) is 62.5 Å². The molecule has 3 heterocycles. The lowest BCUT2D eigenvalue weighted by molar-refractivity contribution is -0.104. The first-order valence-corrected chi connectivity index (χ1v) is 11.4. The van der Waals surface area contributed by atoms with Crippen molar-refractivity contribution in [3.63, 3.8) is 0 Å². The summed E-state index contributed by atoms with van der Waals surface area (Å²) in [5.74, 6) is 0. The standard InChI is InChI=1S/C21H27BrN2OS/c22-17-13-18(26-15-17)14-23-11-8-20(19-5-1-4-10-24-19)9-12-25-21(16-20)6-2-3-7-21/h1,4-5,10,13,15,23H,2-3,6-9,11-12,14,16H2/t20-/m1/s1. The Hall–Kier alpha value is -0.750. The van der Waals surface area contributed by atoms with Crippen molar-refractivity contribution in [1.82, 2.24) is 10.3 Å². The fourth-order valence-corrected chi connectivity index (χ4v) is 6.20. The lowest BCUT2D eigenvalue weighted by atomic mass is 9.68. The summed E-state index contributed by atoms with van der Waals surface area (Å²) < 4.78 is 7.51. The van der Waals surface area contributed by atoms with Crippen molar-refractivity contribution in [2.75, 3.05) is 13.2 Å². The van der Waals surface area contributed by atoms with Crippen LogP contribution < -0.4 is 5.32 Å². The SMILES string of the molecule is Brc1csc(CNCC[C@@]2(c3ccccn3)CCOC3(CCCC3)C2)c1. The second-order valence-electron chi connectivity index (χ2n) is 7.82. The average Bonchev–Trinajstić information content (AvgIpc) is 3.29. The van der Waals surface area contributed by atoms with Gasteiger partial charge >= 0.3 is 0 Å². The molecule has 2 fully saturated rings. The molecule has 0 radical (unpaired) electrons. The smallest absolute Gasteiger partial charge is 0.0691 e. The normalized spacial score (nSPS) is 25.0. The van der Waals surface area contributed by atoms with Crippen LogP contribution in [-0.2, 0) is 16.7 Å². The molecule has 0 aromatic carbocycles. The van der Waals surface area contributed by atoms with Gasteiger partial charge in [-0.15, -0.1) is 11.3 Å². The third kappa shape index (κ3) is 4.06. The van der Waals surface area contributed by atoms with E-state index in [0.29, 0.717) is 0 Å². The Morgan fingerprint density at radius 3 is 2.85 bits per heavy atom. The molecular weight excluding hydrogens is 408 g/mol. The van der Waals surface area contributed by atoms with Crippen LogP contribution in [-0.4, -0.2) is 23.7 Å². The number of hydrogen-bond donors (Lipinski definition) is 1. The highest BCUT2D eigenvalue weighted by Crippen LogP contribution is 2.49. The Morgan fingerprint density at radius 1 is 1.23 bits per heavy atom. The first-order chi connectivity index (χ1) is 12.7. The van der Waals surface area contributed by atoms with Crippen molar-refractivity contribution < 1.29 is 4.74 Å². The highest BCUT2D eigenvalue weighted by molar-refractivity contribution is 9.10. The maximum Gasteiger partial charge on any atom is 0.0691 e. The van der Waals surface area contributed by atoms with Gasteiger partial charge in [0, 0.05) is 45.2 Å². The number of nitrogens with zero attached hydrogens (tertiary/aromatic N) is 1. The van der Waals surface area contributed by atoms with E-state index < -0.39 is 0 Å². The second-order valence-corrected chi connectivity index (χ2v) is 9.73. The predicted molar refractivity (Wildman–Crippen MR) is 111 cm³/mol. The van der Waals surface area contributed by atoms with Gasteiger partial charge in [0.25, 0.3) is 0 Å². The van der Waals surface area contributed by atoms with Crippen molar-refractivity contribution in [1.29, 1.82) is 0 Å². The molecule has 0 amide bonds. The molecule has 140 valence electrons. The molecule has 1 saturated carbocycles. The summed E-state index contributed by atoms with van der Waals surface area (Å²) in [5.41, 5.74) is 1.51. The van der Waals surface area contributed by atoms with Crippen LogP contribution in [0, 0.1) is 0 Å². The summed E-state index contributed by atoms with van der Waals surface area (Å²) in [6.45, 7) is 2.83. The Balaban J connectivity index is 1.46. The van der Waals surface area contributed by atoms with E-state index in [2.05, 4.69) is 44.8 Å². The maximum atomic E-state index is 6.33. The quantitative estimate of drug-likeness (QED) is 0.613. The molecule has 0 bridgehead atoms. The van der Waals surface area contributed by atoms with Gasteiger partial charge in [-0.2, -0.15) is 0 Å². The van der Waals surface area contributed by atoms with Crippen molar-refractivity contribution in [3.8, 4) is 0 Å². The number of aromatic nitrogens is 1. The molecule has 1 aliphatic heterocycles. The molecule has 26 heavy (non-hydrogen) atoms. The van der Waals surface area contributed by atoms with E-state index in [-0.39, 0.29) is 11.0 Å². The zero-order valence-corrected chi connectivity index (χ0v) is 17.6. The van der Waals surface area contributed by atoms with Gasteiger partial charge in [0.05, 0.1) is 5.60 Å². The van der Waals surface area contributed by atoms with Crippen LogP contribution in [0.4, 0.5) is 0 Å². The van der Waals surface area contributed by atoms with Crippen molar-refractivity contribution in [2.24, 2.45) is 0 Å². The number of nitrogens with one attached hydrogen (secondary N) is 1. The van der Waals surface area contributed by atoms with E-state index in [9.17, 15) is 0 Å². The lowest BCUT2D eigenvalue weighted by Crippen LogP contribution is -2.47. The highest BCUT2D eigenvalue weighted by atomic mass is 79.9. The summed E-state index contributed by atoms with van der Waals surface area (Å²) in [4.78, 5) is 6.16. The molecule has 1 spiro atoms. The predicted octanol–water partition coefficient (Wildman–Crippen LogP) is 5.45. The molecule has 1 aliphatic carbocycles. The molecule has 1 N–H and O–H groups in total. The Bertz CT molecular complexity index is 714. The van der Waals surface area contributed by atoms with E-state index in [4.69, 9.17) is 9.72 Å². The second kappa shape index (κ2) is 8.09. The minimum Gasteiger partial charge on any atom is -0.375 e. The van der Waals surface area contributed by atoms with Gasteiger partial charge in [0.2, 0.25) is 0 Å². The third-order valence-corrected chi connectivity index (χ3v) is 7.77. The van der Waals surface area contributed by atoms with E-state index in [0.717, 1.165) is 39.0 Å². The van der Waals surface area contributed by atoms with E-state index >= 15 is 0 Å². The topological polar surface area (TPSA) is 34.2 Å². The number of thiophene rings is 1. The van der Waals surface area contributed by atoms with Gasteiger partial charge in [0.1, 0.15) is 0 Å². The van der Waals surface area contributed by atoms with Gasteiger partial charge < -0.3 is 10.1 Å². The highest BCUT2D eigenvalue weighted by Gasteiger charge is 2.48. The van der Waals surface area contributed by atoms with Crippen LogP contribution in [0.5, 0.6) is 0 Å². The number of rotatable bonds is 6. The zero-order chi connectivity index (χ0) is 17.9. The van der Waals surface area contributed by atoms with E-state index in [1.54, 1.807) is 11.3 Å². The van der Waals surface area contributed by atoms with E-state index in [1.165, 1.54) is 40.7 Å². The number of pyridine rings is 1. The monoisotopic (exact) mass is 434 g/mol. The summed E-state index contributed by atoms with van der Waals surface area (Å²) in [5, 5.41) is 5.80. The molecule has 2 aromatic heterocycles. The third-order valence-electron chi connectivity index (χ3n) is 6.07. The minimum absolute atomic E-state index is 0.106. The molecule has 2 aromatic rings. The molecule has 1 saturated heterocycles. The Labute approximate surface area is 168 Å². The minimum atomic E-state index is 0.106. The van der Waals surface area contributed by atoms with Gasteiger partial charge in [0.15, 0.2) is 0 Å². The fourth-order valence-electron chi connectivity index (χ4n) is 4.78. The summed E-state index contributed by atoms with van der Waals surface area (Å²) >= 11 is 5.34. The van der Waals surface area contributed by atoms with Gasteiger partial charge in [-0.05, 0) is 72.8 Å². The van der Waals surface area contributed by atoms with Crippen LogP contribution in [0.1, 0.15) is 55.5 Å². The molecule has 4 rings (SSSR count). The summed E-state index contributed by atoms with van der Waals surface area (Å²) in [6.07, 6.45) is 10.3. The van der Waals surface area contributed by atoms with E-state index in [1.807, 2.05) is 12.3 Å². The van der Waals surface area contributed by atoms with Crippen LogP contribution in [0.2, 0.25) is 0 Å². The Kier molecular flexibility index (Phi) is 5.79. The number of ether oxygens (including phenoxy) is 1. The first-order valence-electron chi connectivity index (χ1n) is 9.69. The molecule has 1 atom stereocenters. The van der Waals surface area contributed by atoms with Crippen LogP contribution >= 0.6 is 27.3 Å². The maximum absolute atomic E-state index is 6.33. The van der Waals surface area contributed by atoms with Crippen LogP contribution in [0.15, 0.2) is 40.3 Å². The van der Waals surface area contributed by atoms with Crippen molar-refractivity contribution in [3.05, 3.63) is 50.9 Å². The van der Waals surface area contributed by atoms with Crippen molar-refractivity contribution >= 4 is 27.3 Å².